The fraction of sp³-hybridized carbons (Fsp3) is 0.692. The minimum absolute atomic E-state index is 0.0515. The number of carbonyl (C=O) groups excluding carboxylic acids is 1. The zero-order valence-electron chi connectivity index (χ0n) is 11.5. The lowest BCUT2D eigenvalue weighted by molar-refractivity contribution is -0.123. The average Bonchev–Trinajstić information content (AvgIpc) is 2.74. The number of nitrogens with zero attached hydrogens (tertiary/aromatic N) is 2. The van der Waals surface area contributed by atoms with Crippen molar-refractivity contribution in [3.8, 4) is 5.75 Å². The molecule has 0 saturated carbocycles. The maximum absolute atomic E-state index is 11.5. The summed E-state index contributed by atoms with van der Waals surface area (Å²) >= 11 is 0. The van der Waals surface area contributed by atoms with Crippen molar-refractivity contribution in [2.24, 2.45) is 5.92 Å². The van der Waals surface area contributed by atoms with Gasteiger partial charge in [-0.15, -0.1) is 0 Å². The number of amides is 1. The molecule has 0 aromatic carbocycles. The molecular weight excluding hydrogens is 230 g/mol. The molecule has 0 atom stereocenters. The van der Waals surface area contributed by atoms with Crippen LogP contribution in [0, 0.1) is 5.92 Å². The Morgan fingerprint density at radius 1 is 1.56 bits per heavy atom. The second-order valence-corrected chi connectivity index (χ2v) is 4.76. The van der Waals surface area contributed by atoms with Gasteiger partial charge >= 0.3 is 0 Å². The van der Waals surface area contributed by atoms with Gasteiger partial charge in [0.2, 0.25) is 0 Å². The number of aromatic nitrogens is 2. The molecule has 1 N–H and O–H groups in total. The smallest absolute Gasteiger partial charge is 0.257 e. The number of rotatable bonds is 8. The maximum Gasteiger partial charge on any atom is 0.257 e. The summed E-state index contributed by atoms with van der Waals surface area (Å²) in [6, 6.07) is 0. The molecule has 1 aromatic rings. The van der Waals surface area contributed by atoms with Gasteiger partial charge in [0.05, 0.1) is 12.4 Å². The van der Waals surface area contributed by atoms with Crippen LogP contribution >= 0.6 is 0 Å². The number of ether oxygens (including phenoxy) is 1. The lowest BCUT2D eigenvalue weighted by Gasteiger charge is -2.07. The third kappa shape index (κ3) is 5.70. The number of nitrogens with one attached hydrogen (secondary N) is 1. The van der Waals surface area contributed by atoms with E-state index in [1.54, 1.807) is 6.20 Å². The Hall–Kier alpha value is -1.52. The van der Waals surface area contributed by atoms with Crippen LogP contribution in [0.4, 0.5) is 0 Å². The molecule has 1 amide bonds. The van der Waals surface area contributed by atoms with Crippen LogP contribution in [0.5, 0.6) is 5.75 Å². The molecule has 102 valence electrons. The molecule has 0 bridgehead atoms. The lowest BCUT2D eigenvalue weighted by atomic mass is 10.1. The van der Waals surface area contributed by atoms with E-state index in [2.05, 4.69) is 31.2 Å². The Bertz CT molecular complexity index is 361. The number of aryl methyl sites for hydroxylation is 1. The number of carbonyl (C=O) groups is 1. The average molecular weight is 253 g/mol. The van der Waals surface area contributed by atoms with Gasteiger partial charge in [-0.05, 0) is 18.8 Å². The molecule has 18 heavy (non-hydrogen) atoms. The first-order chi connectivity index (χ1) is 8.61. The van der Waals surface area contributed by atoms with Crippen LogP contribution in [0.2, 0.25) is 0 Å². The van der Waals surface area contributed by atoms with Gasteiger partial charge in [0, 0.05) is 13.1 Å². The fourth-order valence-corrected chi connectivity index (χ4v) is 1.47. The van der Waals surface area contributed by atoms with Crippen LogP contribution in [-0.4, -0.2) is 28.8 Å². The van der Waals surface area contributed by atoms with Crippen LogP contribution in [0.1, 0.15) is 33.6 Å². The summed E-state index contributed by atoms with van der Waals surface area (Å²) in [4.78, 5) is 11.5. The van der Waals surface area contributed by atoms with Gasteiger partial charge < -0.3 is 10.1 Å². The van der Waals surface area contributed by atoms with Crippen molar-refractivity contribution in [3.63, 3.8) is 0 Å². The van der Waals surface area contributed by atoms with Crippen molar-refractivity contribution in [2.75, 3.05) is 13.2 Å². The summed E-state index contributed by atoms with van der Waals surface area (Å²) in [5.41, 5.74) is 0. The SMILES string of the molecule is CCCn1cc(OCC(=O)NCCC(C)C)cn1. The molecule has 1 heterocycles. The minimum Gasteiger partial charge on any atom is -0.480 e. The van der Waals surface area contributed by atoms with Crippen LogP contribution < -0.4 is 10.1 Å². The standard InChI is InChI=1S/C13H23N3O2/c1-4-7-16-9-12(8-15-16)18-10-13(17)14-6-5-11(2)3/h8-9,11H,4-7,10H2,1-3H3,(H,14,17). The second-order valence-electron chi connectivity index (χ2n) is 4.76. The van der Waals surface area contributed by atoms with Gasteiger partial charge in [0.1, 0.15) is 0 Å². The summed E-state index contributed by atoms with van der Waals surface area (Å²) in [7, 11) is 0. The summed E-state index contributed by atoms with van der Waals surface area (Å²) in [6.45, 7) is 7.97. The highest BCUT2D eigenvalue weighted by Crippen LogP contribution is 2.08. The van der Waals surface area contributed by atoms with Crippen LogP contribution in [0.25, 0.3) is 0 Å². The van der Waals surface area contributed by atoms with Gasteiger partial charge in [-0.1, -0.05) is 20.8 Å². The maximum atomic E-state index is 11.5. The molecule has 5 nitrogen and oxygen atoms in total. The van der Waals surface area contributed by atoms with Gasteiger partial charge in [-0.25, -0.2) is 0 Å². The first kappa shape index (κ1) is 14.5. The quantitative estimate of drug-likeness (QED) is 0.769. The van der Waals surface area contributed by atoms with E-state index in [-0.39, 0.29) is 12.5 Å². The molecular formula is C13H23N3O2. The Labute approximate surface area is 109 Å². The monoisotopic (exact) mass is 253 g/mol. The molecule has 5 heteroatoms. The van der Waals surface area contributed by atoms with E-state index in [1.807, 2.05) is 10.9 Å². The minimum atomic E-state index is -0.0844. The van der Waals surface area contributed by atoms with E-state index in [0.717, 1.165) is 19.4 Å². The molecule has 0 radical (unpaired) electrons. The Morgan fingerprint density at radius 2 is 2.33 bits per heavy atom. The van der Waals surface area contributed by atoms with Crippen molar-refractivity contribution in [1.29, 1.82) is 0 Å². The Kier molecular flexibility index (Phi) is 6.25. The van der Waals surface area contributed by atoms with Gasteiger partial charge in [0.15, 0.2) is 12.4 Å². The van der Waals surface area contributed by atoms with Crippen molar-refractivity contribution in [2.45, 2.75) is 40.2 Å². The normalized spacial score (nSPS) is 10.7. The zero-order valence-corrected chi connectivity index (χ0v) is 11.5. The van der Waals surface area contributed by atoms with Crippen LogP contribution in [0.3, 0.4) is 0 Å². The Morgan fingerprint density at radius 3 is 3.00 bits per heavy atom. The van der Waals surface area contributed by atoms with Crippen molar-refractivity contribution >= 4 is 5.91 Å². The first-order valence-electron chi connectivity index (χ1n) is 6.53. The predicted molar refractivity (Wildman–Crippen MR) is 70.5 cm³/mol. The summed E-state index contributed by atoms with van der Waals surface area (Å²) in [6.07, 6.45) is 5.46. The molecule has 0 fully saturated rings. The molecule has 0 aliphatic rings. The molecule has 0 unspecified atom stereocenters. The Balaban J connectivity index is 2.20. The third-order valence-corrected chi connectivity index (χ3v) is 2.48. The lowest BCUT2D eigenvalue weighted by Crippen LogP contribution is -2.30. The molecule has 0 aliphatic carbocycles. The van der Waals surface area contributed by atoms with E-state index >= 15 is 0 Å². The van der Waals surface area contributed by atoms with Gasteiger partial charge in [0.25, 0.3) is 5.91 Å². The topological polar surface area (TPSA) is 56.1 Å². The van der Waals surface area contributed by atoms with Crippen molar-refractivity contribution in [3.05, 3.63) is 12.4 Å². The highest BCUT2D eigenvalue weighted by molar-refractivity contribution is 5.77. The van der Waals surface area contributed by atoms with Crippen molar-refractivity contribution in [1.82, 2.24) is 15.1 Å². The van der Waals surface area contributed by atoms with Crippen LogP contribution in [-0.2, 0) is 11.3 Å². The van der Waals surface area contributed by atoms with E-state index in [1.165, 1.54) is 0 Å². The molecule has 0 saturated heterocycles. The highest BCUT2D eigenvalue weighted by atomic mass is 16.5. The summed E-state index contributed by atoms with van der Waals surface area (Å²) in [5.74, 6) is 1.15. The molecule has 1 rings (SSSR count). The van der Waals surface area contributed by atoms with Gasteiger partial charge in [-0.3, -0.25) is 9.48 Å². The fourth-order valence-electron chi connectivity index (χ4n) is 1.47. The summed E-state index contributed by atoms with van der Waals surface area (Å²) in [5, 5.41) is 6.95. The largest absolute Gasteiger partial charge is 0.480 e. The van der Waals surface area contributed by atoms with E-state index in [0.29, 0.717) is 18.2 Å². The number of hydrogen-bond acceptors (Lipinski definition) is 3. The van der Waals surface area contributed by atoms with Crippen LogP contribution in [0.15, 0.2) is 12.4 Å². The predicted octanol–water partition coefficient (Wildman–Crippen LogP) is 1.83. The van der Waals surface area contributed by atoms with E-state index in [9.17, 15) is 4.79 Å². The second kappa shape index (κ2) is 7.74. The third-order valence-electron chi connectivity index (χ3n) is 2.48. The molecule has 0 aliphatic heterocycles. The van der Waals surface area contributed by atoms with Gasteiger partial charge in [-0.2, -0.15) is 5.10 Å². The highest BCUT2D eigenvalue weighted by Gasteiger charge is 2.04. The first-order valence-corrected chi connectivity index (χ1v) is 6.53. The van der Waals surface area contributed by atoms with E-state index < -0.39 is 0 Å². The molecule has 0 spiro atoms. The molecule has 1 aromatic heterocycles. The zero-order chi connectivity index (χ0) is 13.4. The van der Waals surface area contributed by atoms with E-state index in [4.69, 9.17) is 4.74 Å². The summed E-state index contributed by atoms with van der Waals surface area (Å²) < 4.78 is 7.17. The van der Waals surface area contributed by atoms with Crippen molar-refractivity contribution < 1.29 is 9.53 Å². The number of hydrogen-bond donors (Lipinski definition) is 1.